The third-order valence-corrected chi connectivity index (χ3v) is 6.48. The summed E-state index contributed by atoms with van der Waals surface area (Å²) in [5, 5.41) is 6.18. The summed E-state index contributed by atoms with van der Waals surface area (Å²) >= 11 is 0. The van der Waals surface area contributed by atoms with Gasteiger partial charge < -0.3 is 30.6 Å². The van der Waals surface area contributed by atoms with Crippen molar-refractivity contribution in [2.45, 2.75) is 25.6 Å². The van der Waals surface area contributed by atoms with Gasteiger partial charge in [-0.15, -0.1) is 0 Å². The van der Waals surface area contributed by atoms with Crippen molar-refractivity contribution in [1.82, 2.24) is 9.97 Å². The van der Waals surface area contributed by atoms with Crippen molar-refractivity contribution in [2.75, 3.05) is 29.6 Å². The van der Waals surface area contributed by atoms with Crippen LogP contribution in [0.1, 0.15) is 28.8 Å². The lowest BCUT2D eigenvalue weighted by molar-refractivity contribution is 0.00670. The van der Waals surface area contributed by atoms with Gasteiger partial charge in [0.05, 0.1) is 12.3 Å². The molecule has 192 valence electrons. The Morgan fingerprint density at radius 2 is 1.84 bits per heavy atom. The SMILES string of the molecule is Nc1cc2ccc1-c1ccnc(n1)Nc1ccc(OC3CCCOC3)c(c1)COc1ccc(cc1)NC2=O. The molecule has 9 rings (SSSR count). The van der Waals surface area contributed by atoms with E-state index in [4.69, 9.17) is 19.9 Å². The number of amides is 1. The zero-order valence-electron chi connectivity index (χ0n) is 20.6. The molecule has 0 spiro atoms. The third kappa shape index (κ3) is 5.23. The highest BCUT2D eigenvalue weighted by Crippen LogP contribution is 2.30. The third-order valence-electron chi connectivity index (χ3n) is 6.48. The molecular weight excluding hydrogens is 482 g/mol. The van der Waals surface area contributed by atoms with Gasteiger partial charge in [0.15, 0.2) is 0 Å². The lowest BCUT2D eigenvalue weighted by atomic mass is 10.1. The number of carbonyl (C=O) groups is 1. The fourth-order valence-electron chi connectivity index (χ4n) is 4.50. The van der Waals surface area contributed by atoms with E-state index in [2.05, 4.69) is 20.6 Å². The van der Waals surface area contributed by atoms with Gasteiger partial charge >= 0.3 is 0 Å². The number of nitrogens with zero attached hydrogens (tertiary/aromatic N) is 2. The molecule has 1 saturated heterocycles. The molecule has 1 aromatic heterocycles. The van der Waals surface area contributed by atoms with Crippen molar-refractivity contribution in [3.05, 3.63) is 84.1 Å². The maximum atomic E-state index is 12.8. The first kappa shape index (κ1) is 23.7. The Morgan fingerprint density at radius 1 is 0.974 bits per heavy atom. The Kier molecular flexibility index (Phi) is 6.49. The van der Waals surface area contributed by atoms with E-state index in [1.165, 1.54) is 0 Å². The van der Waals surface area contributed by atoms with E-state index < -0.39 is 0 Å². The van der Waals surface area contributed by atoms with Crippen LogP contribution in [0.4, 0.5) is 23.0 Å². The van der Waals surface area contributed by atoms with E-state index in [0.29, 0.717) is 46.5 Å². The first-order chi connectivity index (χ1) is 18.6. The van der Waals surface area contributed by atoms with Crippen LogP contribution in [0.25, 0.3) is 11.3 Å². The topological polar surface area (TPSA) is 121 Å². The normalized spacial score (nSPS) is 16.8. The number of nitrogens with one attached hydrogen (secondary N) is 2. The van der Waals surface area contributed by atoms with Gasteiger partial charge in [0, 0.05) is 46.6 Å². The van der Waals surface area contributed by atoms with Gasteiger partial charge in [0.2, 0.25) is 5.95 Å². The van der Waals surface area contributed by atoms with Crippen LogP contribution in [0.2, 0.25) is 0 Å². The molecule has 9 heteroatoms. The number of nitrogens with two attached hydrogens (primary N) is 1. The molecule has 0 radical (unpaired) electrons. The summed E-state index contributed by atoms with van der Waals surface area (Å²) in [4.78, 5) is 21.9. The first-order valence-corrected chi connectivity index (χ1v) is 12.5. The lowest BCUT2D eigenvalue weighted by Gasteiger charge is -2.25. The molecular formula is C29H27N5O4. The van der Waals surface area contributed by atoms with Crippen LogP contribution >= 0.6 is 0 Å². The minimum atomic E-state index is -0.260. The minimum Gasteiger partial charge on any atom is -0.489 e. The summed E-state index contributed by atoms with van der Waals surface area (Å²) in [7, 11) is 0. The van der Waals surface area contributed by atoms with Crippen molar-refractivity contribution in [3.63, 3.8) is 0 Å². The Hall–Kier alpha value is -4.63. The van der Waals surface area contributed by atoms with Crippen LogP contribution in [0.15, 0.2) is 72.9 Å². The molecule has 5 aliphatic rings. The van der Waals surface area contributed by atoms with Crippen molar-refractivity contribution in [3.8, 4) is 22.8 Å². The molecule has 0 aliphatic carbocycles. The van der Waals surface area contributed by atoms with Crippen LogP contribution in [0, 0.1) is 0 Å². The van der Waals surface area contributed by atoms with Crippen LogP contribution < -0.4 is 25.8 Å². The highest BCUT2D eigenvalue weighted by Gasteiger charge is 2.18. The van der Waals surface area contributed by atoms with Crippen molar-refractivity contribution < 1.29 is 19.0 Å². The Balaban J connectivity index is 1.38. The van der Waals surface area contributed by atoms with Crippen LogP contribution in [0.5, 0.6) is 11.5 Å². The number of rotatable bonds is 2. The zero-order chi connectivity index (χ0) is 25.9. The van der Waals surface area contributed by atoms with Gasteiger partial charge in [0.1, 0.15) is 24.2 Å². The first-order valence-electron chi connectivity index (χ1n) is 12.5. The number of nitrogen functional groups attached to an aromatic ring is 1. The Morgan fingerprint density at radius 3 is 2.66 bits per heavy atom. The highest BCUT2D eigenvalue weighted by molar-refractivity contribution is 6.05. The minimum absolute atomic E-state index is 0.00426. The molecule has 4 aromatic rings. The number of carbonyl (C=O) groups excluding carboxylic acids is 1. The van der Waals surface area contributed by atoms with Crippen LogP contribution in [-0.2, 0) is 11.3 Å². The largest absolute Gasteiger partial charge is 0.489 e. The number of anilines is 4. The number of aromatic nitrogens is 2. The van der Waals surface area contributed by atoms with E-state index in [1.54, 1.807) is 42.6 Å². The zero-order valence-corrected chi connectivity index (χ0v) is 20.6. The molecule has 38 heavy (non-hydrogen) atoms. The van der Waals surface area contributed by atoms with E-state index in [9.17, 15) is 4.79 Å². The molecule has 6 heterocycles. The van der Waals surface area contributed by atoms with Gasteiger partial charge in [-0.3, -0.25) is 4.79 Å². The second-order valence-corrected chi connectivity index (χ2v) is 9.24. The summed E-state index contributed by atoms with van der Waals surface area (Å²) in [6.45, 7) is 1.62. The molecule has 8 bridgehead atoms. The molecule has 1 fully saturated rings. The van der Waals surface area contributed by atoms with E-state index in [1.807, 2.05) is 30.3 Å². The second-order valence-electron chi connectivity index (χ2n) is 9.24. The molecule has 1 amide bonds. The van der Waals surface area contributed by atoms with E-state index in [-0.39, 0.29) is 18.6 Å². The lowest BCUT2D eigenvalue weighted by Crippen LogP contribution is -2.28. The van der Waals surface area contributed by atoms with Crippen LogP contribution in [-0.4, -0.2) is 35.2 Å². The van der Waals surface area contributed by atoms with Gasteiger partial charge in [0.25, 0.3) is 5.91 Å². The number of benzene rings is 3. The number of hydrogen-bond acceptors (Lipinski definition) is 8. The highest BCUT2D eigenvalue weighted by atomic mass is 16.5. The predicted molar refractivity (Wildman–Crippen MR) is 145 cm³/mol. The Labute approximate surface area is 220 Å². The summed E-state index contributed by atoms with van der Waals surface area (Å²) in [6, 6.07) is 20.0. The monoisotopic (exact) mass is 509 g/mol. The Bertz CT molecular complexity index is 1470. The van der Waals surface area contributed by atoms with Gasteiger partial charge in [-0.2, -0.15) is 0 Å². The summed E-state index contributed by atoms with van der Waals surface area (Å²) in [6.07, 6.45) is 3.58. The quantitative estimate of drug-likeness (QED) is 0.317. The van der Waals surface area contributed by atoms with Crippen molar-refractivity contribution in [1.29, 1.82) is 0 Å². The summed E-state index contributed by atoms with van der Waals surface area (Å²) in [5.41, 5.74) is 10.9. The molecule has 0 saturated carbocycles. The van der Waals surface area contributed by atoms with Gasteiger partial charge in [-0.1, -0.05) is 0 Å². The molecule has 3 aromatic carbocycles. The van der Waals surface area contributed by atoms with Gasteiger partial charge in [-0.25, -0.2) is 9.97 Å². The fraction of sp³-hybridized carbons (Fsp3) is 0.207. The summed E-state index contributed by atoms with van der Waals surface area (Å²) < 4.78 is 18.0. The fourth-order valence-corrected chi connectivity index (χ4v) is 4.50. The maximum Gasteiger partial charge on any atom is 0.255 e. The van der Waals surface area contributed by atoms with Crippen molar-refractivity contribution >= 4 is 28.9 Å². The van der Waals surface area contributed by atoms with E-state index in [0.717, 1.165) is 36.4 Å². The molecule has 1 unspecified atom stereocenters. The smallest absolute Gasteiger partial charge is 0.255 e. The number of ether oxygens (including phenoxy) is 3. The average molecular weight is 510 g/mol. The second kappa shape index (κ2) is 10.4. The maximum absolute atomic E-state index is 12.8. The van der Waals surface area contributed by atoms with Crippen LogP contribution in [0.3, 0.4) is 0 Å². The number of hydrogen-bond donors (Lipinski definition) is 3. The molecule has 4 N–H and O–H groups in total. The van der Waals surface area contributed by atoms with Gasteiger partial charge in [-0.05, 0) is 79.6 Å². The molecule has 9 nitrogen and oxygen atoms in total. The molecule has 5 aliphatic heterocycles. The summed E-state index contributed by atoms with van der Waals surface area (Å²) in [5.74, 6) is 1.56. The van der Waals surface area contributed by atoms with E-state index >= 15 is 0 Å². The average Bonchev–Trinajstić information content (AvgIpc) is 2.94. The molecule has 1 atom stereocenters. The standard InChI is InChI=1S/C29H27N5O4/c30-25-15-18-3-9-24(25)26-11-12-31-29(34-26)33-21-6-10-27(38-23-2-1-13-36-17-23)19(14-21)16-37-22-7-4-20(5-8-22)32-28(18)35/h3-12,14-15,23H,1-2,13,16-17,30H2,(H,32,35)(H,31,33,34). The van der Waals surface area contributed by atoms with Crippen molar-refractivity contribution in [2.24, 2.45) is 0 Å². The predicted octanol–water partition coefficient (Wildman–Crippen LogP) is 5.17.